The van der Waals surface area contributed by atoms with Crippen LogP contribution in [0, 0.1) is 5.92 Å². The SMILES string of the molecule is CCC(C)C1NC(=O)C(Cc2ccc(O)c(-n3[nH]c(=O)n(-c4ccc(OCC(C)=O)cc4)c3=O)c2)NC(=O)C(N)CSSCC(C(=O)O)NC(=O)C(CC(N)=O)NC(=O)C(CCC(N)=O)NC1=O. The lowest BCUT2D eigenvalue weighted by molar-refractivity contribution is -0.141. The van der Waals surface area contributed by atoms with Gasteiger partial charge in [0.15, 0.2) is 5.78 Å². The van der Waals surface area contributed by atoms with E-state index in [-0.39, 0.29) is 53.7 Å². The Balaban J connectivity index is 1.73. The number of aromatic nitrogens is 3. The fourth-order valence-corrected chi connectivity index (χ4v) is 8.74. The van der Waals surface area contributed by atoms with Crippen LogP contribution in [0.5, 0.6) is 11.5 Å². The molecule has 0 saturated carbocycles. The lowest BCUT2D eigenvalue weighted by atomic mass is 9.96. The van der Waals surface area contributed by atoms with Gasteiger partial charge in [-0.2, -0.15) is 4.68 Å². The van der Waals surface area contributed by atoms with Crippen molar-refractivity contribution in [3.8, 4) is 22.9 Å². The monoisotopic (exact) mass is 987 g/mol. The molecule has 0 spiro atoms. The predicted molar refractivity (Wildman–Crippen MR) is 245 cm³/mol. The Morgan fingerprint density at radius 1 is 0.809 bits per heavy atom. The van der Waals surface area contributed by atoms with Crippen LogP contribution in [0.3, 0.4) is 0 Å². The summed E-state index contributed by atoms with van der Waals surface area (Å²) in [5.74, 6) is -9.93. The van der Waals surface area contributed by atoms with Crippen LogP contribution >= 0.6 is 21.6 Å². The fraction of sp³-hybridized carbons (Fsp3) is 0.439. The third-order valence-corrected chi connectivity index (χ3v) is 12.8. The number of phenolic OH excluding ortho intramolecular Hbond substituents is 1. The van der Waals surface area contributed by atoms with E-state index >= 15 is 0 Å². The Hall–Kier alpha value is -7.13. The number of phenols is 1. The highest BCUT2D eigenvalue weighted by atomic mass is 33.1. The molecule has 3 aromatic rings. The zero-order chi connectivity index (χ0) is 50.4. The van der Waals surface area contributed by atoms with E-state index in [0.717, 1.165) is 30.8 Å². The van der Waals surface area contributed by atoms with Crippen molar-refractivity contribution in [2.45, 2.75) is 89.1 Å². The van der Waals surface area contributed by atoms with Crippen molar-refractivity contribution in [1.29, 1.82) is 0 Å². The van der Waals surface area contributed by atoms with Crippen LogP contribution in [0.4, 0.5) is 0 Å². The minimum atomic E-state index is -1.74. The minimum Gasteiger partial charge on any atom is -0.506 e. The summed E-state index contributed by atoms with van der Waals surface area (Å²) in [5.41, 5.74) is 15.1. The van der Waals surface area contributed by atoms with Crippen LogP contribution in [0.15, 0.2) is 52.1 Å². The smallest absolute Gasteiger partial charge is 0.356 e. The first-order valence-electron chi connectivity index (χ1n) is 20.9. The van der Waals surface area contributed by atoms with Gasteiger partial charge in [-0.05, 0) is 61.2 Å². The van der Waals surface area contributed by atoms with Gasteiger partial charge in [0.1, 0.15) is 54.0 Å². The number of primary amides is 2. The van der Waals surface area contributed by atoms with E-state index in [1.165, 1.54) is 49.4 Å². The third-order valence-electron chi connectivity index (χ3n) is 10.3. The molecule has 0 bridgehead atoms. The number of carboxylic acids is 1. The van der Waals surface area contributed by atoms with Gasteiger partial charge in [-0.3, -0.25) is 38.4 Å². The molecule has 0 radical (unpaired) electrons. The van der Waals surface area contributed by atoms with Gasteiger partial charge in [-0.15, -0.1) is 0 Å². The molecule has 7 unspecified atom stereocenters. The van der Waals surface area contributed by atoms with Gasteiger partial charge < -0.3 is 58.7 Å². The Morgan fingerprint density at radius 2 is 1.43 bits per heavy atom. The molecule has 1 aliphatic rings. The number of nitrogens with two attached hydrogens (primary N) is 3. The lowest BCUT2D eigenvalue weighted by Crippen LogP contribution is -2.61. The summed E-state index contributed by atoms with van der Waals surface area (Å²) in [6.45, 7) is 4.44. The molecule has 1 aromatic heterocycles. The first kappa shape index (κ1) is 53.5. The van der Waals surface area contributed by atoms with E-state index in [2.05, 4.69) is 31.7 Å². The first-order chi connectivity index (χ1) is 32.1. The quantitative estimate of drug-likeness (QED) is 0.0674. The first-order valence-corrected chi connectivity index (χ1v) is 23.4. The summed E-state index contributed by atoms with van der Waals surface area (Å²) in [4.78, 5) is 143. The standard InChI is InChI=1S/C41H53N11O14S2/c1-4-19(2)33-38(61)45-25(10-12-31(43)55)35(58)47-27(15-32(44)56)36(59)48-28(39(62)63)18-68-67-17-24(42)34(57)46-26(37(60)49-33)13-21-5-11-30(54)29(14-21)52-41(65)51(40(64)50-52)22-6-8-23(9-7-22)66-16-20(3)53/h5-9,11,14,19,24-28,33,54H,4,10,12-13,15-18,42H2,1-3H3,(H2,43,55)(H2,44,56)(H,45,61)(H,46,57)(H,47,58)(H,48,59)(H,49,60)(H,50,64)(H,62,63). The van der Waals surface area contributed by atoms with Crippen molar-refractivity contribution >= 4 is 74.7 Å². The minimum absolute atomic E-state index is 0.108. The van der Waals surface area contributed by atoms with E-state index in [1.54, 1.807) is 13.8 Å². The average molecular weight is 988 g/mol. The molecule has 1 saturated heterocycles. The molecule has 68 heavy (non-hydrogen) atoms. The van der Waals surface area contributed by atoms with Gasteiger partial charge in [-0.1, -0.05) is 47.9 Å². The van der Waals surface area contributed by atoms with Crippen LogP contribution in [0.1, 0.15) is 52.0 Å². The van der Waals surface area contributed by atoms with Gasteiger partial charge in [0.05, 0.1) is 18.2 Å². The molecular formula is C41H53N11O14S2. The number of hydrogen-bond acceptors (Lipinski definition) is 16. The number of hydrogen-bond donors (Lipinski definition) is 11. The van der Waals surface area contributed by atoms with Crippen LogP contribution in [-0.2, 0) is 49.6 Å². The number of carboxylic acid groups (broad SMARTS) is 1. The van der Waals surface area contributed by atoms with E-state index in [4.69, 9.17) is 21.9 Å². The van der Waals surface area contributed by atoms with Crippen LogP contribution < -0.4 is 59.9 Å². The van der Waals surface area contributed by atoms with Crippen molar-refractivity contribution in [2.75, 3.05) is 18.1 Å². The van der Waals surface area contributed by atoms with Gasteiger partial charge in [-0.25, -0.2) is 24.0 Å². The largest absolute Gasteiger partial charge is 0.506 e. The number of rotatable bonds is 15. The lowest BCUT2D eigenvalue weighted by Gasteiger charge is -2.29. The summed E-state index contributed by atoms with van der Waals surface area (Å²) < 4.78 is 6.86. The highest BCUT2D eigenvalue weighted by Gasteiger charge is 2.36. The number of aromatic amines is 1. The second kappa shape index (κ2) is 24.6. The summed E-state index contributed by atoms with van der Waals surface area (Å²) in [7, 11) is 1.85. The third kappa shape index (κ3) is 14.9. The number of carbonyl (C=O) groups excluding carboxylic acids is 8. The molecule has 2 heterocycles. The van der Waals surface area contributed by atoms with Crippen molar-refractivity contribution in [2.24, 2.45) is 23.1 Å². The molecule has 2 aromatic carbocycles. The fourth-order valence-electron chi connectivity index (χ4n) is 6.46. The molecule has 7 atom stereocenters. The molecule has 4 rings (SSSR count). The van der Waals surface area contributed by atoms with E-state index < -0.39 is 126 Å². The van der Waals surface area contributed by atoms with Crippen molar-refractivity contribution in [3.63, 3.8) is 0 Å². The van der Waals surface area contributed by atoms with Gasteiger partial charge >= 0.3 is 17.3 Å². The molecule has 14 N–H and O–H groups in total. The van der Waals surface area contributed by atoms with E-state index in [1.807, 2.05) is 0 Å². The Kier molecular flexibility index (Phi) is 19.3. The molecule has 1 aliphatic heterocycles. The van der Waals surface area contributed by atoms with Gasteiger partial charge in [0.25, 0.3) is 0 Å². The number of aliphatic carboxylic acids is 1. The van der Waals surface area contributed by atoms with Gasteiger partial charge in [0.2, 0.25) is 41.4 Å². The number of nitrogens with one attached hydrogen (secondary N) is 6. The predicted octanol–water partition coefficient (Wildman–Crippen LogP) is -3.05. The number of carbonyl (C=O) groups is 9. The normalized spacial score (nSPS) is 21.7. The van der Waals surface area contributed by atoms with Crippen molar-refractivity contribution in [1.82, 2.24) is 40.9 Å². The Bertz CT molecular complexity index is 2510. The Morgan fingerprint density at radius 3 is 2.04 bits per heavy atom. The average Bonchev–Trinajstić information content (AvgIpc) is 3.58. The molecule has 1 fully saturated rings. The number of benzene rings is 2. The van der Waals surface area contributed by atoms with Crippen molar-refractivity contribution in [3.05, 3.63) is 69.0 Å². The summed E-state index contributed by atoms with van der Waals surface area (Å²) >= 11 is 0. The van der Waals surface area contributed by atoms with Crippen LogP contribution in [-0.4, -0.2) is 132 Å². The summed E-state index contributed by atoms with van der Waals surface area (Å²) in [6.07, 6.45) is -1.78. The Labute approximate surface area is 394 Å². The molecule has 0 aliphatic carbocycles. The number of aromatic hydroxyl groups is 1. The van der Waals surface area contributed by atoms with Crippen molar-refractivity contribution < 1.29 is 58.1 Å². The van der Waals surface area contributed by atoms with E-state index in [9.17, 15) is 63.0 Å². The second-order valence-electron chi connectivity index (χ2n) is 15.7. The number of Topliss-reactive ketones (excluding diaryl/α,β-unsaturated/α-hetero) is 1. The maximum absolute atomic E-state index is 14.3. The number of amides is 7. The van der Waals surface area contributed by atoms with E-state index in [0.29, 0.717) is 5.75 Å². The number of nitrogens with zero attached hydrogens (tertiary/aromatic N) is 2. The maximum Gasteiger partial charge on any atom is 0.356 e. The van der Waals surface area contributed by atoms with Crippen LogP contribution in [0.25, 0.3) is 11.4 Å². The maximum atomic E-state index is 14.3. The number of ketones is 1. The molecular weight excluding hydrogens is 935 g/mol. The molecule has 27 heteroatoms. The van der Waals surface area contributed by atoms with Gasteiger partial charge in [0, 0.05) is 24.3 Å². The number of ether oxygens (including phenoxy) is 1. The van der Waals surface area contributed by atoms with Crippen LogP contribution in [0.2, 0.25) is 0 Å². The highest BCUT2D eigenvalue weighted by molar-refractivity contribution is 8.76. The summed E-state index contributed by atoms with van der Waals surface area (Å²) in [6, 6.07) is 0.244. The molecule has 25 nitrogen and oxygen atoms in total. The molecule has 368 valence electrons. The second-order valence-corrected chi connectivity index (χ2v) is 18.2. The molecule has 7 amide bonds. The zero-order valence-corrected chi connectivity index (χ0v) is 38.6. The highest BCUT2D eigenvalue weighted by Crippen LogP contribution is 2.25. The zero-order valence-electron chi connectivity index (χ0n) is 37.0. The topological polar surface area (TPSA) is 401 Å². The number of H-pyrrole nitrogens is 1. The summed E-state index contributed by atoms with van der Waals surface area (Å²) in [5, 5.41) is 35.3.